The van der Waals surface area contributed by atoms with Crippen LogP contribution in [0.1, 0.15) is 26.3 Å². The summed E-state index contributed by atoms with van der Waals surface area (Å²) in [5.41, 5.74) is 1.35. The van der Waals surface area contributed by atoms with Crippen LogP contribution in [0, 0.1) is 17.0 Å². The average molecular weight is 387 g/mol. The van der Waals surface area contributed by atoms with Gasteiger partial charge >= 0.3 is 8.25 Å². The molecule has 1 heterocycles. The Morgan fingerprint density at radius 3 is 2.32 bits per heavy atom. The van der Waals surface area contributed by atoms with E-state index in [0.717, 1.165) is 10.6 Å². The Hall–Kier alpha value is -2.06. The lowest BCUT2D eigenvalue weighted by molar-refractivity contribution is -0.384. The first-order valence-corrected chi connectivity index (χ1v) is 9.17. The Balaban J connectivity index is 0.000000705. The first-order valence-electron chi connectivity index (χ1n) is 7.12. The second kappa shape index (κ2) is 8.87. The molecule has 0 saturated heterocycles. The van der Waals surface area contributed by atoms with Crippen molar-refractivity contribution in [3.63, 3.8) is 0 Å². The Labute approximate surface area is 150 Å². The second-order valence-corrected chi connectivity index (χ2v) is 7.49. The molecule has 1 aromatic carbocycles. The fraction of sp³-hybridized carbons (Fsp3) is 0.333. The Bertz CT molecular complexity index is 753. The highest BCUT2D eigenvalue weighted by Gasteiger charge is 2.19. The van der Waals surface area contributed by atoms with Crippen LogP contribution in [-0.4, -0.2) is 20.2 Å². The molecule has 0 atom stereocenters. The second-order valence-electron chi connectivity index (χ2n) is 6.11. The number of anilines is 1. The number of nitro benzene ring substituents is 1. The summed E-state index contributed by atoms with van der Waals surface area (Å²) in [5.74, 6) is 0.578. The van der Waals surface area contributed by atoms with Gasteiger partial charge in [-0.15, -0.1) is 21.1 Å². The molecule has 0 amide bonds. The van der Waals surface area contributed by atoms with Gasteiger partial charge in [0.1, 0.15) is 11.4 Å². The van der Waals surface area contributed by atoms with E-state index in [1.165, 1.54) is 17.4 Å². The van der Waals surface area contributed by atoms with E-state index in [4.69, 9.17) is 19.1 Å². The number of benzene rings is 1. The van der Waals surface area contributed by atoms with Crippen LogP contribution in [0.5, 0.6) is 10.8 Å². The van der Waals surface area contributed by atoms with E-state index in [-0.39, 0.29) is 11.2 Å². The third-order valence-corrected chi connectivity index (χ3v) is 3.52. The van der Waals surface area contributed by atoms with Crippen LogP contribution < -0.4 is 10.1 Å². The van der Waals surface area contributed by atoms with Gasteiger partial charge in [0, 0.05) is 22.2 Å². The minimum Gasteiger partial charge on any atom is -0.447 e. The highest BCUT2D eigenvalue weighted by atomic mass is 32.1. The zero-order valence-corrected chi connectivity index (χ0v) is 15.9. The number of hydrogen-bond donors (Lipinski definition) is 3. The van der Waals surface area contributed by atoms with Crippen molar-refractivity contribution >= 4 is 31.0 Å². The number of nitrogens with one attached hydrogen (secondary N) is 1. The Morgan fingerprint density at radius 1 is 1.28 bits per heavy atom. The minimum atomic E-state index is -2.87. The zero-order chi connectivity index (χ0) is 19.2. The van der Waals surface area contributed by atoms with Gasteiger partial charge in [-0.3, -0.25) is 10.1 Å². The lowest BCUT2D eigenvalue weighted by atomic mass is 10.1. The highest BCUT2D eigenvalue weighted by molar-refractivity contribution is 7.30. The third-order valence-electron chi connectivity index (χ3n) is 2.60. The lowest BCUT2D eigenvalue weighted by Crippen LogP contribution is -2.26. The molecule has 0 aliphatic heterocycles. The molecule has 10 heteroatoms. The molecule has 0 fully saturated rings. The quantitative estimate of drug-likeness (QED) is 0.398. The topological polar surface area (TPSA) is 122 Å². The predicted octanol–water partition coefficient (Wildman–Crippen LogP) is 4.60. The molecule has 2 aromatic rings. The number of nitro groups is 1. The van der Waals surface area contributed by atoms with Crippen molar-refractivity contribution in [2.45, 2.75) is 33.2 Å². The smallest absolute Gasteiger partial charge is 0.447 e. The van der Waals surface area contributed by atoms with Crippen molar-refractivity contribution in [2.24, 2.45) is 0 Å². The van der Waals surface area contributed by atoms with Gasteiger partial charge in [0.25, 0.3) is 5.69 Å². The van der Waals surface area contributed by atoms with Crippen molar-refractivity contribution in [2.75, 3.05) is 5.32 Å². The van der Waals surface area contributed by atoms with Crippen molar-refractivity contribution in [1.82, 2.24) is 0 Å². The molecule has 0 saturated carbocycles. The van der Waals surface area contributed by atoms with E-state index in [1.54, 1.807) is 12.1 Å². The molecule has 3 N–H and O–H groups in total. The van der Waals surface area contributed by atoms with Gasteiger partial charge in [0.05, 0.1) is 4.92 Å². The van der Waals surface area contributed by atoms with E-state index in [0.29, 0.717) is 11.4 Å². The van der Waals surface area contributed by atoms with Gasteiger partial charge < -0.3 is 10.1 Å². The summed E-state index contributed by atoms with van der Waals surface area (Å²) < 4.78 is 14.4. The summed E-state index contributed by atoms with van der Waals surface area (Å²) in [4.78, 5) is 25.0. The summed E-state index contributed by atoms with van der Waals surface area (Å²) in [6.45, 7) is 7.85. The molecule has 8 nitrogen and oxygen atoms in total. The van der Waals surface area contributed by atoms with Crippen LogP contribution in [-0.2, 0) is 4.57 Å². The SMILES string of the molecule is Cc1csc(Oc2ccc([N+](=O)[O-])c(NC(C)(C)C)c2)c1.O=[P+](O)O. The van der Waals surface area contributed by atoms with Crippen LogP contribution >= 0.6 is 19.6 Å². The lowest BCUT2D eigenvalue weighted by Gasteiger charge is -2.22. The molecule has 0 spiro atoms. The van der Waals surface area contributed by atoms with Gasteiger partial charge in [-0.05, 0) is 50.8 Å². The first kappa shape index (κ1) is 21.0. The number of nitrogens with zero attached hydrogens (tertiary/aromatic N) is 1. The van der Waals surface area contributed by atoms with Crippen LogP contribution in [0.25, 0.3) is 0 Å². The zero-order valence-electron chi connectivity index (χ0n) is 14.2. The number of aryl methyl sites for hydroxylation is 1. The molecular weight excluding hydrogens is 367 g/mol. The van der Waals surface area contributed by atoms with Crippen molar-refractivity contribution in [1.29, 1.82) is 0 Å². The number of rotatable bonds is 4. The van der Waals surface area contributed by atoms with Crippen molar-refractivity contribution in [3.8, 4) is 10.8 Å². The van der Waals surface area contributed by atoms with Gasteiger partial charge in [-0.25, -0.2) is 0 Å². The Morgan fingerprint density at radius 2 is 1.88 bits per heavy atom. The monoisotopic (exact) mass is 387 g/mol. The molecule has 0 aliphatic rings. The van der Waals surface area contributed by atoms with E-state index < -0.39 is 13.2 Å². The van der Waals surface area contributed by atoms with Crippen LogP contribution in [0.3, 0.4) is 0 Å². The van der Waals surface area contributed by atoms with E-state index in [1.807, 2.05) is 39.1 Å². The van der Waals surface area contributed by atoms with Gasteiger partial charge in [-0.1, -0.05) is 0 Å². The molecule has 25 heavy (non-hydrogen) atoms. The summed E-state index contributed by atoms with van der Waals surface area (Å²) in [7, 11) is -2.87. The Kier molecular flexibility index (Phi) is 7.44. The maximum Gasteiger partial charge on any atom is 0.692 e. The van der Waals surface area contributed by atoms with E-state index in [2.05, 4.69) is 5.32 Å². The van der Waals surface area contributed by atoms with Gasteiger partial charge in [0.2, 0.25) is 0 Å². The number of hydrogen-bond acceptors (Lipinski definition) is 6. The normalized spacial score (nSPS) is 10.5. The van der Waals surface area contributed by atoms with Gasteiger partial charge in [-0.2, -0.15) is 0 Å². The molecule has 136 valence electrons. The molecule has 0 unspecified atom stereocenters. The van der Waals surface area contributed by atoms with Crippen LogP contribution in [0.2, 0.25) is 0 Å². The standard InChI is InChI=1S/C15H18N2O3S.HO3P/c1-10-7-14(21-9-10)20-11-5-6-13(17(18)19)12(8-11)16-15(2,3)4;1-4(2)3/h5-9,16H,1-4H3;(H-,1,2,3)/p+1. The van der Waals surface area contributed by atoms with E-state index in [9.17, 15) is 10.1 Å². The first-order chi connectivity index (χ1) is 11.5. The van der Waals surface area contributed by atoms with Crippen molar-refractivity contribution in [3.05, 3.63) is 45.3 Å². The highest BCUT2D eigenvalue weighted by Crippen LogP contribution is 2.34. The molecule has 0 bridgehead atoms. The molecule has 1 aromatic heterocycles. The van der Waals surface area contributed by atoms with Crippen LogP contribution in [0.4, 0.5) is 11.4 Å². The van der Waals surface area contributed by atoms with E-state index >= 15 is 0 Å². The summed E-state index contributed by atoms with van der Waals surface area (Å²) in [6, 6.07) is 6.67. The van der Waals surface area contributed by atoms with Crippen LogP contribution in [0.15, 0.2) is 29.6 Å². The maximum absolute atomic E-state index is 11.1. The molecular formula is C15H20N2O6PS+. The molecule has 0 aliphatic carbocycles. The largest absolute Gasteiger partial charge is 0.692 e. The number of ether oxygens (including phenoxy) is 1. The fourth-order valence-corrected chi connectivity index (χ4v) is 2.58. The number of thiophene rings is 1. The van der Waals surface area contributed by atoms with Gasteiger partial charge in [0.15, 0.2) is 5.06 Å². The minimum absolute atomic E-state index is 0.0413. The third kappa shape index (κ3) is 8.04. The summed E-state index contributed by atoms with van der Waals surface area (Å²) in [5, 5.41) is 17.0. The average Bonchev–Trinajstić information content (AvgIpc) is 2.81. The fourth-order valence-electron chi connectivity index (χ4n) is 1.82. The molecule has 0 radical (unpaired) electrons. The molecule has 2 rings (SSSR count). The van der Waals surface area contributed by atoms with Crippen molar-refractivity contribution < 1.29 is 24.0 Å². The summed E-state index contributed by atoms with van der Waals surface area (Å²) >= 11 is 1.50. The summed E-state index contributed by atoms with van der Waals surface area (Å²) in [6.07, 6.45) is 0. The maximum atomic E-state index is 11.1. The predicted molar refractivity (Wildman–Crippen MR) is 97.6 cm³/mol.